The maximum absolute atomic E-state index is 12.6. The third kappa shape index (κ3) is 3.83. The zero-order valence-electron chi connectivity index (χ0n) is 15.1. The fourth-order valence-corrected chi connectivity index (χ4v) is 2.61. The highest BCUT2D eigenvalue weighted by Gasteiger charge is 2.14. The van der Waals surface area contributed by atoms with Gasteiger partial charge in [0.1, 0.15) is 11.4 Å². The molecule has 0 fully saturated rings. The summed E-state index contributed by atoms with van der Waals surface area (Å²) in [6, 6.07) is 18.9. The summed E-state index contributed by atoms with van der Waals surface area (Å²) in [4.78, 5) is 18.5. The summed E-state index contributed by atoms with van der Waals surface area (Å²) in [5.41, 5.74) is 3.98. The van der Waals surface area contributed by atoms with Crippen molar-refractivity contribution in [2.75, 3.05) is 24.4 Å². The summed E-state index contributed by atoms with van der Waals surface area (Å²) in [5.74, 6) is 0.593. The van der Waals surface area contributed by atoms with Gasteiger partial charge in [-0.05, 0) is 48.9 Å². The first-order valence-electron chi connectivity index (χ1n) is 8.29. The van der Waals surface area contributed by atoms with Crippen LogP contribution in [0.3, 0.4) is 0 Å². The molecule has 1 amide bonds. The number of anilines is 3. The Balaban J connectivity index is 1.77. The van der Waals surface area contributed by atoms with E-state index in [1.165, 1.54) is 0 Å². The minimum absolute atomic E-state index is 0.157. The highest BCUT2D eigenvalue weighted by Crippen LogP contribution is 2.28. The number of carbonyl (C=O) groups is 1. The lowest BCUT2D eigenvalue weighted by Crippen LogP contribution is -2.26. The summed E-state index contributed by atoms with van der Waals surface area (Å²) < 4.78 is 5.37. The topological polar surface area (TPSA) is 54.5 Å². The number of hydrogen-bond donors (Lipinski definition) is 1. The first-order valence-corrected chi connectivity index (χ1v) is 8.29. The van der Waals surface area contributed by atoms with Gasteiger partial charge >= 0.3 is 0 Å². The number of benzene rings is 2. The number of para-hydroxylation sites is 1. The molecular formula is C21H21N3O2. The number of methoxy groups -OCH3 is 1. The van der Waals surface area contributed by atoms with Crippen LogP contribution in [0.1, 0.15) is 16.1 Å². The molecular weight excluding hydrogens is 326 g/mol. The highest BCUT2D eigenvalue weighted by molar-refractivity contribution is 6.04. The lowest BCUT2D eigenvalue weighted by molar-refractivity contribution is 0.0988. The molecule has 1 heterocycles. The second-order valence-electron chi connectivity index (χ2n) is 5.96. The van der Waals surface area contributed by atoms with Crippen molar-refractivity contribution in [1.29, 1.82) is 0 Å². The van der Waals surface area contributed by atoms with E-state index in [-0.39, 0.29) is 5.91 Å². The minimum Gasteiger partial charge on any atom is -0.495 e. The molecule has 0 atom stereocenters. The van der Waals surface area contributed by atoms with Crippen molar-refractivity contribution in [2.45, 2.75) is 6.92 Å². The zero-order valence-corrected chi connectivity index (χ0v) is 15.1. The lowest BCUT2D eigenvalue weighted by Gasteiger charge is -2.17. The summed E-state index contributed by atoms with van der Waals surface area (Å²) >= 11 is 0. The van der Waals surface area contributed by atoms with Gasteiger partial charge in [0.05, 0.1) is 24.7 Å². The zero-order chi connectivity index (χ0) is 18.5. The Morgan fingerprint density at radius 2 is 1.85 bits per heavy atom. The maximum Gasteiger partial charge on any atom is 0.276 e. The van der Waals surface area contributed by atoms with Gasteiger partial charge in [-0.1, -0.05) is 24.3 Å². The van der Waals surface area contributed by atoms with E-state index >= 15 is 0 Å². The SMILES string of the molecule is COc1ccc(C)cc1Nc1ccc(C(=O)N(C)c2ccccc2)nc1. The van der Waals surface area contributed by atoms with Gasteiger partial charge in [0.25, 0.3) is 5.91 Å². The monoisotopic (exact) mass is 347 g/mol. The van der Waals surface area contributed by atoms with Gasteiger partial charge in [-0.2, -0.15) is 0 Å². The quantitative estimate of drug-likeness (QED) is 0.742. The van der Waals surface area contributed by atoms with E-state index in [0.29, 0.717) is 5.69 Å². The summed E-state index contributed by atoms with van der Waals surface area (Å²) in [5, 5.41) is 3.28. The molecule has 0 saturated heterocycles. The molecule has 0 radical (unpaired) electrons. The summed E-state index contributed by atoms with van der Waals surface area (Å²) in [7, 11) is 3.37. The molecule has 0 unspecified atom stereocenters. The fourth-order valence-electron chi connectivity index (χ4n) is 2.61. The molecule has 0 spiro atoms. The average Bonchev–Trinajstić information content (AvgIpc) is 2.68. The van der Waals surface area contributed by atoms with E-state index in [9.17, 15) is 4.79 Å². The van der Waals surface area contributed by atoms with E-state index in [4.69, 9.17) is 4.74 Å². The van der Waals surface area contributed by atoms with Crippen LogP contribution in [-0.2, 0) is 0 Å². The first kappa shape index (κ1) is 17.5. The van der Waals surface area contributed by atoms with Gasteiger partial charge in [0, 0.05) is 12.7 Å². The lowest BCUT2D eigenvalue weighted by atomic mass is 10.2. The van der Waals surface area contributed by atoms with Gasteiger partial charge in [-0.15, -0.1) is 0 Å². The molecule has 5 heteroatoms. The molecule has 0 bridgehead atoms. The molecule has 1 N–H and O–H groups in total. The molecule has 3 rings (SSSR count). The van der Waals surface area contributed by atoms with Crippen LogP contribution in [0, 0.1) is 6.92 Å². The predicted octanol–water partition coefficient (Wildman–Crippen LogP) is 4.42. The van der Waals surface area contributed by atoms with Crippen LogP contribution in [-0.4, -0.2) is 25.0 Å². The first-order chi connectivity index (χ1) is 12.6. The standard InChI is InChI=1S/C21H21N3O2/c1-15-9-12-20(26-3)19(13-15)23-16-10-11-18(22-14-16)21(25)24(2)17-7-5-4-6-8-17/h4-14,23H,1-3H3. The highest BCUT2D eigenvalue weighted by atomic mass is 16.5. The Morgan fingerprint density at radius 1 is 1.08 bits per heavy atom. The number of nitrogens with one attached hydrogen (secondary N) is 1. The predicted molar refractivity (Wildman–Crippen MR) is 104 cm³/mol. The van der Waals surface area contributed by atoms with Crippen molar-refractivity contribution in [1.82, 2.24) is 4.98 Å². The Labute approximate surface area is 153 Å². The van der Waals surface area contributed by atoms with Crippen LogP contribution in [0.25, 0.3) is 0 Å². The Hall–Kier alpha value is -3.34. The van der Waals surface area contributed by atoms with Crippen LogP contribution >= 0.6 is 0 Å². The number of carbonyl (C=O) groups excluding carboxylic acids is 1. The number of aryl methyl sites for hydroxylation is 1. The Kier molecular flexibility index (Phi) is 5.17. The van der Waals surface area contributed by atoms with Crippen LogP contribution in [0.15, 0.2) is 66.9 Å². The number of amides is 1. The maximum atomic E-state index is 12.6. The largest absolute Gasteiger partial charge is 0.495 e. The van der Waals surface area contributed by atoms with Crippen molar-refractivity contribution in [3.05, 3.63) is 78.1 Å². The average molecular weight is 347 g/mol. The van der Waals surface area contributed by atoms with Crippen molar-refractivity contribution < 1.29 is 9.53 Å². The van der Waals surface area contributed by atoms with Gasteiger partial charge in [0.2, 0.25) is 0 Å². The van der Waals surface area contributed by atoms with Crippen LogP contribution < -0.4 is 15.0 Å². The number of pyridine rings is 1. The third-order valence-electron chi connectivity index (χ3n) is 4.06. The van der Waals surface area contributed by atoms with Crippen molar-refractivity contribution in [3.63, 3.8) is 0 Å². The second kappa shape index (κ2) is 7.70. The van der Waals surface area contributed by atoms with E-state index in [1.54, 1.807) is 31.3 Å². The number of rotatable bonds is 5. The number of nitrogens with zero attached hydrogens (tertiary/aromatic N) is 2. The van der Waals surface area contributed by atoms with Crippen LogP contribution in [0.5, 0.6) is 5.75 Å². The summed E-state index contributed by atoms with van der Waals surface area (Å²) in [6.45, 7) is 2.02. The minimum atomic E-state index is -0.157. The number of aromatic nitrogens is 1. The van der Waals surface area contributed by atoms with Crippen molar-refractivity contribution in [3.8, 4) is 5.75 Å². The fraction of sp³-hybridized carbons (Fsp3) is 0.143. The molecule has 2 aromatic carbocycles. The number of ether oxygens (including phenoxy) is 1. The normalized spacial score (nSPS) is 10.3. The molecule has 26 heavy (non-hydrogen) atoms. The molecule has 3 aromatic rings. The molecule has 0 aliphatic carbocycles. The van der Waals surface area contributed by atoms with Gasteiger partial charge in [-0.25, -0.2) is 4.98 Å². The molecule has 1 aromatic heterocycles. The van der Waals surface area contributed by atoms with E-state index in [1.807, 2.05) is 61.5 Å². The van der Waals surface area contributed by atoms with E-state index < -0.39 is 0 Å². The van der Waals surface area contributed by atoms with Crippen molar-refractivity contribution >= 4 is 23.0 Å². The van der Waals surface area contributed by atoms with Crippen LogP contribution in [0.2, 0.25) is 0 Å². The van der Waals surface area contributed by atoms with Gasteiger partial charge in [0.15, 0.2) is 0 Å². The second-order valence-corrected chi connectivity index (χ2v) is 5.96. The molecule has 132 valence electrons. The smallest absolute Gasteiger partial charge is 0.276 e. The number of hydrogen-bond acceptors (Lipinski definition) is 4. The van der Waals surface area contributed by atoms with Crippen molar-refractivity contribution in [2.24, 2.45) is 0 Å². The van der Waals surface area contributed by atoms with E-state index in [2.05, 4.69) is 10.3 Å². The van der Waals surface area contributed by atoms with Gasteiger partial charge in [-0.3, -0.25) is 4.79 Å². The molecule has 0 saturated carbocycles. The molecule has 0 aliphatic heterocycles. The van der Waals surface area contributed by atoms with E-state index in [0.717, 1.165) is 28.4 Å². The Morgan fingerprint density at radius 3 is 2.50 bits per heavy atom. The Bertz CT molecular complexity index is 893. The van der Waals surface area contributed by atoms with Gasteiger partial charge < -0.3 is 15.0 Å². The summed E-state index contributed by atoms with van der Waals surface area (Å²) in [6.07, 6.45) is 1.65. The molecule has 5 nitrogen and oxygen atoms in total. The molecule has 0 aliphatic rings. The third-order valence-corrected chi connectivity index (χ3v) is 4.06. The van der Waals surface area contributed by atoms with Crippen LogP contribution in [0.4, 0.5) is 17.1 Å².